The minimum absolute atomic E-state index is 0.0273. The smallest absolute Gasteiger partial charge is 0.242 e. The molecule has 4 N–H and O–H groups in total. The Morgan fingerprint density at radius 1 is 1.35 bits per heavy atom. The number of hydrogen-bond acceptors (Lipinski definition) is 4. The highest BCUT2D eigenvalue weighted by atomic mass is 35.5. The minimum atomic E-state index is -3.83. The molecule has 0 saturated carbocycles. The Labute approximate surface area is 129 Å². The van der Waals surface area contributed by atoms with E-state index in [4.69, 9.17) is 34.0 Å². The van der Waals surface area contributed by atoms with Crippen LogP contribution in [-0.2, 0) is 10.0 Å². The van der Waals surface area contributed by atoms with Gasteiger partial charge in [0.05, 0.1) is 15.7 Å². The molecule has 0 radical (unpaired) electrons. The predicted octanol–water partition coefficient (Wildman–Crippen LogP) is 2.26. The molecule has 8 heteroatoms. The van der Waals surface area contributed by atoms with Gasteiger partial charge in [-0.3, -0.25) is 0 Å². The molecule has 0 aliphatic rings. The van der Waals surface area contributed by atoms with Crippen LogP contribution in [0.3, 0.4) is 0 Å². The standard InChI is InChI=1S/C12H18Cl2N2O3S/c1-7(2)9(5-6-17)16-20(18,19)10-4-3-8(13)12(15)11(10)14/h3-4,7,9,16-17H,5-6,15H2,1-2H3. The highest BCUT2D eigenvalue weighted by Crippen LogP contribution is 2.33. The maximum atomic E-state index is 12.3. The molecule has 0 aliphatic heterocycles. The van der Waals surface area contributed by atoms with Crippen molar-refractivity contribution < 1.29 is 13.5 Å². The fourth-order valence-electron chi connectivity index (χ4n) is 1.69. The molecule has 1 rings (SSSR count). The third kappa shape index (κ3) is 3.99. The second-order valence-electron chi connectivity index (χ2n) is 4.76. The molecular weight excluding hydrogens is 323 g/mol. The van der Waals surface area contributed by atoms with Crippen LogP contribution in [0.5, 0.6) is 0 Å². The quantitative estimate of drug-likeness (QED) is 0.692. The summed E-state index contributed by atoms with van der Waals surface area (Å²) in [5.41, 5.74) is 5.66. The molecule has 0 aromatic heterocycles. The first-order chi connectivity index (χ1) is 9.20. The number of nitrogens with one attached hydrogen (secondary N) is 1. The van der Waals surface area contributed by atoms with Crippen LogP contribution in [0.15, 0.2) is 17.0 Å². The van der Waals surface area contributed by atoms with Gasteiger partial charge in [-0.2, -0.15) is 0 Å². The summed E-state index contributed by atoms with van der Waals surface area (Å²) in [6, 6.07) is 2.30. The van der Waals surface area contributed by atoms with Crippen LogP contribution in [0, 0.1) is 5.92 Å². The van der Waals surface area contributed by atoms with Gasteiger partial charge in [-0.25, -0.2) is 13.1 Å². The Kier molecular flexibility index (Phi) is 6.09. The van der Waals surface area contributed by atoms with Crippen LogP contribution in [-0.4, -0.2) is 26.2 Å². The van der Waals surface area contributed by atoms with Crippen molar-refractivity contribution in [2.24, 2.45) is 5.92 Å². The van der Waals surface area contributed by atoms with Crippen molar-refractivity contribution in [3.05, 3.63) is 22.2 Å². The number of nitrogens with two attached hydrogens (primary N) is 1. The minimum Gasteiger partial charge on any atom is -0.396 e. The van der Waals surface area contributed by atoms with Crippen molar-refractivity contribution in [2.45, 2.75) is 31.2 Å². The van der Waals surface area contributed by atoms with E-state index in [9.17, 15) is 8.42 Å². The van der Waals surface area contributed by atoms with Crippen molar-refractivity contribution in [1.82, 2.24) is 4.72 Å². The van der Waals surface area contributed by atoms with Crippen molar-refractivity contribution >= 4 is 38.9 Å². The molecule has 5 nitrogen and oxygen atoms in total. The zero-order valence-corrected chi connectivity index (χ0v) is 13.6. The molecule has 1 atom stereocenters. The topological polar surface area (TPSA) is 92.4 Å². The first-order valence-electron chi connectivity index (χ1n) is 6.07. The normalized spacial score (nSPS) is 13.7. The van der Waals surface area contributed by atoms with E-state index in [0.29, 0.717) is 6.42 Å². The van der Waals surface area contributed by atoms with E-state index >= 15 is 0 Å². The number of sulfonamides is 1. The van der Waals surface area contributed by atoms with Gasteiger partial charge in [0, 0.05) is 12.6 Å². The summed E-state index contributed by atoms with van der Waals surface area (Å²) in [5, 5.41) is 9.09. The fourth-order valence-corrected chi connectivity index (χ4v) is 3.87. The number of halogens is 2. The molecule has 0 fully saturated rings. The lowest BCUT2D eigenvalue weighted by Gasteiger charge is -2.22. The van der Waals surface area contributed by atoms with E-state index in [1.165, 1.54) is 12.1 Å². The fraction of sp³-hybridized carbons (Fsp3) is 0.500. The van der Waals surface area contributed by atoms with Gasteiger partial charge in [0.25, 0.3) is 0 Å². The Hall–Kier alpha value is -0.530. The zero-order valence-electron chi connectivity index (χ0n) is 11.2. The Balaban J connectivity index is 3.14. The second kappa shape index (κ2) is 6.95. The highest BCUT2D eigenvalue weighted by molar-refractivity contribution is 7.89. The number of aliphatic hydroxyl groups excluding tert-OH is 1. The van der Waals surface area contributed by atoms with E-state index in [0.717, 1.165) is 0 Å². The zero-order chi connectivity index (χ0) is 15.5. The largest absolute Gasteiger partial charge is 0.396 e. The van der Waals surface area contributed by atoms with E-state index in [1.807, 2.05) is 13.8 Å². The Morgan fingerprint density at radius 3 is 2.45 bits per heavy atom. The Morgan fingerprint density at radius 2 is 1.95 bits per heavy atom. The summed E-state index contributed by atoms with van der Waals surface area (Å²) in [6.45, 7) is 3.61. The Bertz CT molecular complexity index is 576. The van der Waals surface area contributed by atoms with Gasteiger partial charge >= 0.3 is 0 Å². The summed E-state index contributed by atoms with van der Waals surface area (Å²) in [7, 11) is -3.83. The van der Waals surface area contributed by atoms with Gasteiger partial charge in [0.2, 0.25) is 10.0 Å². The number of nitrogen functional groups attached to an aromatic ring is 1. The van der Waals surface area contributed by atoms with Gasteiger partial charge in [-0.1, -0.05) is 37.0 Å². The van der Waals surface area contributed by atoms with Crippen molar-refractivity contribution in [3.63, 3.8) is 0 Å². The average molecular weight is 341 g/mol. The van der Waals surface area contributed by atoms with Gasteiger partial charge in [-0.15, -0.1) is 0 Å². The summed E-state index contributed by atoms with van der Waals surface area (Å²) in [6.07, 6.45) is 0.317. The molecule has 0 heterocycles. The van der Waals surface area contributed by atoms with Crippen LogP contribution in [0.2, 0.25) is 10.0 Å². The lowest BCUT2D eigenvalue weighted by molar-refractivity contribution is 0.256. The SMILES string of the molecule is CC(C)C(CCO)NS(=O)(=O)c1ccc(Cl)c(N)c1Cl. The molecule has 1 aromatic carbocycles. The number of rotatable bonds is 6. The van der Waals surface area contributed by atoms with Gasteiger partial charge in [0.15, 0.2) is 0 Å². The van der Waals surface area contributed by atoms with E-state index in [-0.39, 0.29) is 33.2 Å². The first kappa shape index (κ1) is 17.5. The van der Waals surface area contributed by atoms with Gasteiger partial charge in [-0.05, 0) is 24.5 Å². The van der Waals surface area contributed by atoms with E-state index < -0.39 is 16.1 Å². The molecule has 1 aromatic rings. The van der Waals surface area contributed by atoms with Crippen molar-refractivity contribution in [2.75, 3.05) is 12.3 Å². The number of hydrogen-bond donors (Lipinski definition) is 3. The summed E-state index contributed by atoms with van der Waals surface area (Å²) in [4.78, 5) is -0.121. The molecular formula is C12H18Cl2N2O3S. The van der Waals surface area contributed by atoms with Crippen LogP contribution in [0.1, 0.15) is 20.3 Å². The van der Waals surface area contributed by atoms with Crippen LogP contribution in [0.25, 0.3) is 0 Å². The lowest BCUT2D eigenvalue weighted by atomic mass is 10.0. The molecule has 0 amide bonds. The predicted molar refractivity (Wildman–Crippen MR) is 81.5 cm³/mol. The second-order valence-corrected chi connectivity index (χ2v) is 7.22. The van der Waals surface area contributed by atoms with E-state index in [1.54, 1.807) is 0 Å². The maximum Gasteiger partial charge on any atom is 0.242 e. The molecule has 0 bridgehead atoms. The number of aliphatic hydroxyl groups is 1. The molecule has 0 aliphatic carbocycles. The molecule has 114 valence electrons. The maximum absolute atomic E-state index is 12.3. The molecule has 1 unspecified atom stereocenters. The number of anilines is 1. The van der Waals surface area contributed by atoms with Crippen molar-refractivity contribution in [3.8, 4) is 0 Å². The summed E-state index contributed by atoms with van der Waals surface area (Å²) < 4.78 is 27.2. The van der Waals surface area contributed by atoms with Crippen molar-refractivity contribution in [1.29, 1.82) is 0 Å². The third-order valence-electron chi connectivity index (χ3n) is 2.93. The molecule has 0 saturated heterocycles. The van der Waals surface area contributed by atoms with Gasteiger partial charge in [0.1, 0.15) is 4.90 Å². The average Bonchev–Trinajstić information content (AvgIpc) is 2.34. The highest BCUT2D eigenvalue weighted by Gasteiger charge is 2.25. The monoisotopic (exact) mass is 340 g/mol. The van der Waals surface area contributed by atoms with Crippen LogP contribution < -0.4 is 10.5 Å². The van der Waals surface area contributed by atoms with Crippen LogP contribution >= 0.6 is 23.2 Å². The molecule has 20 heavy (non-hydrogen) atoms. The first-order valence-corrected chi connectivity index (χ1v) is 8.31. The molecule has 0 spiro atoms. The summed E-state index contributed by atoms with van der Waals surface area (Å²) in [5.74, 6) is 0.0281. The lowest BCUT2D eigenvalue weighted by Crippen LogP contribution is -2.39. The van der Waals surface area contributed by atoms with E-state index in [2.05, 4.69) is 4.72 Å². The third-order valence-corrected chi connectivity index (χ3v) is 5.31. The summed E-state index contributed by atoms with van der Waals surface area (Å²) >= 11 is 11.7. The van der Waals surface area contributed by atoms with Crippen LogP contribution in [0.4, 0.5) is 5.69 Å². The van der Waals surface area contributed by atoms with Gasteiger partial charge < -0.3 is 10.8 Å². The number of benzene rings is 1.